The summed E-state index contributed by atoms with van der Waals surface area (Å²) in [5.41, 5.74) is 7.15. The number of anilines is 1. The fourth-order valence-electron chi connectivity index (χ4n) is 3.05. The lowest BCUT2D eigenvalue weighted by molar-refractivity contribution is 0.0599. The second-order valence-corrected chi connectivity index (χ2v) is 5.97. The van der Waals surface area contributed by atoms with Gasteiger partial charge in [0.05, 0.1) is 0 Å². The van der Waals surface area contributed by atoms with Crippen LogP contribution in [0.25, 0.3) is 11.0 Å². The van der Waals surface area contributed by atoms with Crippen LogP contribution in [-0.4, -0.2) is 47.9 Å². The third-order valence-corrected chi connectivity index (χ3v) is 4.42. The molecule has 0 spiro atoms. The van der Waals surface area contributed by atoms with Crippen LogP contribution < -0.4 is 5.73 Å². The van der Waals surface area contributed by atoms with Gasteiger partial charge >= 0.3 is 0 Å². The summed E-state index contributed by atoms with van der Waals surface area (Å²) in [6.07, 6.45) is 2.64. The Balaban J connectivity index is 1.50. The summed E-state index contributed by atoms with van der Waals surface area (Å²) in [7, 11) is 0. The quantitative estimate of drug-likeness (QED) is 0.857. The Morgan fingerprint density at radius 2 is 1.90 bits per heavy atom. The number of nitrogens with zero attached hydrogens (tertiary/aromatic N) is 2. The standard InChI is InChI=1S/C16H19N3O2/c17-12-1-4-14-11(9-12)10-15(21-14)16(20)19-7-5-18(6-8-19)13-2-3-13/h1,4,9-10,13H,2-3,5-8,17H2. The van der Waals surface area contributed by atoms with Crippen molar-refractivity contribution in [3.05, 3.63) is 30.0 Å². The van der Waals surface area contributed by atoms with Crippen LogP contribution in [-0.2, 0) is 0 Å². The molecule has 2 aliphatic rings. The first-order valence-corrected chi connectivity index (χ1v) is 7.53. The number of nitrogens with two attached hydrogens (primary N) is 1. The van der Waals surface area contributed by atoms with Gasteiger partial charge in [-0.05, 0) is 37.1 Å². The number of hydrogen-bond acceptors (Lipinski definition) is 4. The molecular weight excluding hydrogens is 266 g/mol. The maximum atomic E-state index is 12.5. The van der Waals surface area contributed by atoms with Crippen molar-refractivity contribution in [1.82, 2.24) is 9.80 Å². The SMILES string of the molecule is Nc1ccc2oc(C(=O)N3CCN(C4CC4)CC3)cc2c1. The number of piperazine rings is 1. The summed E-state index contributed by atoms with van der Waals surface area (Å²) >= 11 is 0. The van der Waals surface area contributed by atoms with Gasteiger partial charge in [-0.2, -0.15) is 0 Å². The number of rotatable bonds is 2. The third-order valence-electron chi connectivity index (χ3n) is 4.42. The van der Waals surface area contributed by atoms with Gasteiger partial charge in [-0.1, -0.05) is 0 Å². The van der Waals surface area contributed by atoms with Gasteiger partial charge in [0.1, 0.15) is 5.58 Å². The van der Waals surface area contributed by atoms with E-state index >= 15 is 0 Å². The largest absolute Gasteiger partial charge is 0.451 e. The minimum atomic E-state index is -0.0137. The van der Waals surface area contributed by atoms with E-state index in [-0.39, 0.29) is 5.91 Å². The van der Waals surface area contributed by atoms with Crippen molar-refractivity contribution in [3.8, 4) is 0 Å². The molecule has 1 amide bonds. The molecule has 21 heavy (non-hydrogen) atoms. The minimum Gasteiger partial charge on any atom is -0.451 e. The predicted molar refractivity (Wildman–Crippen MR) is 81.1 cm³/mol. The predicted octanol–water partition coefficient (Wildman–Crippen LogP) is 1.94. The fraction of sp³-hybridized carbons (Fsp3) is 0.438. The molecule has 5 nitrogen and oxygen atoms in total. The highest BCUT2D eigenvalue weighted by Crippen LogP contribution is 2.28. The maximum Gasteiger partial charge on any atom is 0.289 e. The van der Waals surface area contributed by atoms with Crippen LogP contribution in [0.2, 0.25) is 0 Å². The van der Waals surface area contributed by atoms with Crippen LogP contribution >= 0.6 is 0 Å². The monoisotopic (exact) mass is 285 g/mol. The number of amides is 1. The van der Waals surface area contributed by atoms with Crippen LogP contribution in [0.5, 0.6) is 0 Å². The first-order valence-electron chi connectivity index (χ1n) is 7.53. The molecule has 1 aromatic heterocycles. The maximum absolute atomic E-state index is 12.5. The first-order chi connectivity index (χ1) is 10.2. The second kappa shape index (κ2) is 4.77. The minimum absolute atomic E-state index is 0.0137. The number of fused-ring (bicyclic) bond motifs is 1. The zero-order chi connectivity index (χ0) is 14.4. The molecule has 2 aromatic rings. The Bertz CT molecular complexity index is 682. The van der Waals surface area contributed by atoms with E-state index in [9.17, 15) is 4.79 Å². The van der Waals surface area contributed by atoms with E-state index < -0.39 is 0 Å². The molecule has 4 rings (SSSR count). The van der Waals surface area contributed by atoms with E-state index in [2.05, 4.69) is 4.90 Å². The lowest BCUT2D eigenvalue weighted by Crippen LogP contribution is -2.49. The number of benzene rings is 1. The van der Waals surface area contributed by atoms with Gasteiger partial charge < -0.3 is 15.1 Å². The lowest BCUT2D eigenvalue weighted by atomic mass is 10.2. The van der Waals surface area contributed by atoms with E-state index in [1.54, 1.807) is 12.1 Å². The van der Waals surface area contributed by atoms with Crippen LogP contribution in [0.4, 0.5) is 5.69 Å². The molecular formula is C16H19N3O2. The fourth-order valence-corrected chi connectivity index (χ4v) is 3.05. The van der Waals surface area contributed by atoms with Crippen molar-refractivity contribution in [3.63, 3.8) is 0 Å². The van der Waals surface area contributed by atoms with E-state index in [1.165, 1.54) is 12.8 Å². The summed E-state index contributed by atoms with van der Waals surface area (Å²) in [5, 5.41) is 0.884. The molecule has 1 aliphatic carbocycles. The van der Waals surface area contributed by atoms with Crippen LogP contribution in [0.15, 0.2) is 28.7 Å². The van der Waals surface area contributed by atoms with E-state index in [0.717, 1.165) is 37.6 Å². The second-order valence-electron chi connectivity index (χ2n) is 5.97. The molecule has 2 N–H and O–H groups in total. The molecule has 0 atom stereocenters. The van der Waals surface area contributed by atoms with Crippen LogP contribution in [0, 0.1) is 0 Å². The molecule has 110 valence electrons. The van der Waals surface area contributed by atoms with Crippen molar-refractivity contribution in [2.75, 3.05) is 31.9 Å². The normalized spacial score (nSPS) is 20.1. The summed E-state index contributed by atoms with van der Waals surface area (Å²) in [6.45, 7) is 3.52. The van der Waals surface area contributed by atoms with Crippen molar-refractivity contribution in [1.29, 1.82) is 0 Å². The van der Waals surface area contributed by atoms with E-state index in [4.69, 9.17) is 10.2 Å². The van der Waals surface area contributed by atoms with Crippen molar-refractivity contribution in [2.45, 2.75) is 18.9 Å². The zero-order valence-electron chi connectivity index (χ0n) is 11.9. The van der Waals surface area contributed by atoms with E-state index in [0.29, 0.717) is 17.0 Å². The molecule has 2 heterocycles. The Hall–Kier alpha value is -2.01. The lowest BCUT2D eigenvalue weighted by Gasteiger charge is -2.34. The zero-order valence-corrected chi connectivity index (χ0v) is 11.9. The van der Waals surface area contributed by atoms with Crippen molar-refractivity contribution < 1.29 is 9.21 Å². The smallest absolute Gasteiger partial charge is 0.289 e. The Morgan fingerprint density at radius 3 is 2.62 bits per heavy atom. The van der Waals surface area contributed by atoms with Crippen molar-refractivity contribution in [2.24, 2.45) is 0 Å². The van der Waals surface area contributed by atoms with Gasteiger partial charge in [0, 0.05) is 43.3 Å². The molecule has 5 heteroatoms. The van der Waals surface area contributed by atoms with Crippen LogP contribution in [0.1, 0.15) is 23.4 Å². The summed E-state index contributed by atoms with van der Waals surface area (Å²) in [4.78, 5) is 16.9. The Kier molecular flexibility index (Phi) is 2.89. The molecule has 2 fully saturated rings. The first kappa shape index (κ1) is 12.7. The highest BCUT2D eigenvalue weighted by molar-refractivity contribution is 5.96. The Morgan fingerprint density at radius 1 is 1.14 bits per heavy atom. The number of carbonyl (C=O) groups excluding carboxylic acids is 1. The van der Waals surface area contributed by atoms with Gasteiger partial charge in [-0.3, -0.25) is 9.69 Å². The Labute approximate surface area is 123 Å². The summed E-state index contributed by atoms with van der Waals surface area (Å²) in [5.74, 6) is 0.399. The van der Waals surface area contributed by atoms with Gasteiger partial charge in [0.2, 0.25) is 0 Å². The molecule has 0 bridgehead atoms. The van der Waals surface area contributed by atoms with Crippen LogP contribution in [0.3, 0.4) is 0 Å². The number of nitrogen functional groups attached to an aromatic ring is 1. The molecule has 1 saturated carbocycles. The molecule has 1 aromatic carbocycles. The number of hydrogen-bond donors (Lipinski definition) is 1. The van der Waals surface area contributed by atoms with E-state index in [1.807, 2.05) is 17.0 Å². The molecule has 0 radical (unpaired) electrons. The topological polar surface area (TPSA) is 62.7 Å². The number of carbonyl (C=O) groups is 1. The highest BCUT2D eigenvalue weighted by Gasteiger charge is 2.33. The molecule has 1 aliphatic heterocycles. The van der Waals surface area contributed by atoms with Gasteiger partial charge in [-0.15, -0.1) is 0 Å². The third kappa shape index (κ3) is 2.38. The van der Waals surface area contributed by atoms with Crippen molar-refractivity contribution >= 4 is 22.6 Å². The van der Waals surface area contributed by atoms with Gasteiger partial charge in [0.15, 0.2) is 5.76 Å². The molecule has 1 saturated heterocycles. The average Bonchev–Trinajstić information content (AvgIpc) is 3.26. The highest BCUT2D eigenvalue weighted by atomic mass is 16.3. The van der Waals surface area contributed by atoms with Gasteiger partial charge in [0.25, 0.3) is 5.91 Å². The summed E-state index contributed by atoms with van der Waals surface area (Å²) < 4.78 is 5.66. The summed E-state index contributed by atoms with van der Waals surface area (Å²) in [6, 6.07) is 8.00. The van der Waals surface area contributed by atoms with Gasteiger partial charge in [-0.25, -0.2) is 0 Å². The molecule has 0 unspecified atom stereocenters. The number of furan rings is 1. The average molecular weight is 285 g/mol.